The lowest BCUT2D eigenvalue weighted by atomic mass is 9.76. The number of hydrogen-bond donors (Lipinski definition) is 1. The topological polar surface area (TPSA) is 49.8 Å². The van der Waals surface area contributed by atoms with Crippen molar-refractivity contribution in [2.75, 3.05) is 13.1 Å². The molecular formula is C28H39NO3. The van der Waals surface area contributed by atoms with E-state index in [1.165, 1.54) is 29.2 Å². The quantitative estimate of drug-likeness (QED) is 0.538. The highest BCUT2D eigenvalue weighted by Gasteiger charge is 2.40. The lowest BCUT2D eigenvalue weighted by Crippen LogP contribution is -2.44. The molecule has 1 saturated carbocycles. The lowest BCUT2D eigenvalue weighted by molar-refractivity contribution is -0.152. The zero-order valence-electron chi connectivity index (χ0n) is 20.2. The molecule has 1 N–H and O–H groups in total. The molecule has 1 aliphatic carbocycles. The van der Waals surface area contributed by atoms with Crippen LogP contribution in [0.25, 0.3) is 10.8 Å². The second-order valence-electron chi connectivity index (χ2n) is 10.9. The smallest absolute Gasteiger partial charge is 0.309 e. The Balaban J connectivity index is 1.42. The van der Waals surface area contributed by atoms with E-state index in [4.69, 9.17) is 4.74 Å². The number of carbonyl (C=O) groups is 1. The first-order valence-corrected chi connectivity index (χ1v) is 12.4. The van der Waals surface area contributed by atoms with Crippen LogP contribution in [0, 0.1) is 10.8 Å². The number of aliphatic carboxylic acids is 1. The number of carboxylic acids is 1. The third-order valence-electron chi connectivity index (χ3n) is 8.34. The molecule has 174 valence electrons. The number of benzene rings is 2. The van der Waals surface area contributed by atoms with Gasteiger partial charge in [0, 0.05) is 6.04 Å². The minimum Gasteiger partial charge on any atom is -0.490 e. The van der Waals surface area contributed by atoms with Crippen molar-refractivity contribution in [3.8, 4) is 5.75 Å². The highest BCUT2D eigenvalue weighted by atomic mass is 16.5. The summed E-state index contributed by atoms with van der Waals surface area (Å²) < 4.78 is 6.32. The van der Waals surface area contributed by atoms with Crippen molar-refractivity contribution in [1.82, 2.24) is 4.90 Å². The largest absolute Gasteiger partial charge is 0.490 e. The van der Waals surface area contributed by atoms with Crippen LogP contribution in [-0.4, -0.2) is 35.2 Å². The molecule has 2 aromatic carbocycles. The minimum atomic E-state index is -0.632. The molecular weight excluding hydrogens is 398 g/mol. The number of likely N-dealkylation sites (tertiary alicyclic amines) is 1. The Hall–Kier alpha value is -2.07. The molecule has 2 fully saturated rings. The van der Waals surface area contributed by atoms with Crippen molar-refractivity contribution in [1.29, 1.82) is 0 Å². The van der Waals surface area contributed by atoms with Gasteiger partial charge in [0.25, 0.3) is 0 Å². The van der Waals surface area contributed by atoms with E-state index in [1.807, 2.05) is 6.92 Å². The van der Waals surface area contributed by atoms with E-state index < -0.39 is 11.4 Å². The Kier molecular flexibility index (Phi) is 6.53. The van der Waals surface area contributed by atoms with Gasteiger partial charge in [-0.25, -0.2) is 0 Å². The van der Waals surface area contributed by atoms with Crippen LogP contribution in [0.2, 0.25) is 0 Å². The van der Waals surface area contributed by atoms with E-state index in [-0.39, 0.29) is 6.04 Å². The van der Waals surface area contributed by atoms with Crippen LogP contribution in [0.3, 0.4) is 0 Å². The van der Waals surface area contributed by atoms with Gasteiger partial charge in [-0.05, 0) is 105 Å². The van der Waals surface area contributed by atoms with Crippen molar-refractivity contribution < 1.29 is 14.6 Å². The maximum absolute atomic E-state index is 11.8. The van der Waals surface area contributed by atoms with Gasteiger partial charge in [0.05, 0.1) is 11.5 Å². The molecule has 2 aromatic rings. The summed E-state index contributed by atoms with van der Waals surface area (Å²) in [6, 6.07) is 13.5. The first-order chi connectivity index (χ1) is 15.2. The molecule has 4 rings (SSSR count). The third kappa shape index (κ3) is 4.80. The van der Waals surface area contributed by atoms with Gasteiger partial charge in [-0.3, -0.25) is 9.69 Å². The highest BCUT2D eigenvalue weighted by molar-refractivity contribution is 5.84. The summed E-state index contributed by atoms with van der Waals surface area (Å²) in [7, 11) is 0. The number of fused-ring (bicyclic) bond motifs is 1. The fourth-order valence-corrected chi connectivity index (χ4v) is 5.53. The van der Waals surface area contributed by atoms with Gasteiger partial charge in [-0.1, -0.05) is 39.0 Å². The van der Waals surface area contributed by atoms with E-state index in [1.54, 1.807) is 0 Å². The molecule has 0 bridgehead atoms. The number of carboxylic acid groups (broad SMARTS) is 1. The lowest BCUT2D eigenvalue weighted by Gasteiger charge is -2.41. The van der Waals surface area contributed by atoms with E-state index in [0.29, 0.717) is 17.9 Å². The zero-order chi connectivity index (χ0) is 22.9. The number of ether oxygens (including phenoxy) is 1. The highest BCUT2D eigenvalue weighted by Crippen LogP contribution is 2.39. The van der Waals surface area contributed by atoms with Crippen LogP contribution >= 0.6 is 0 Å². The molecule has 1 unspecified atom stereocenters. The van der Waals surface area contributed by atoms with Crippen molar-refractivity contribution in [3.63, 3.8) is 0 Å². The Labute approximate surface area is 192 Å². The summed E-state index contributed by atoms with van der Waals surface area (Å²) >= 11 is 0. The van der Waals surface area contributed by atoms with Gasteiger partial charge in [0.1, 0.15) is 5.75 Å². The predicted octanol–water partition coefficient (Wildman–Crippen LogP) is 6.83. The molecule has 32 heavy (non-hydrogen) atoms. The standard InChI is InChI=1S/C28H39NO3/c1-5-28(26(30)31)14-16-29(17-15-28)20(2)21-6-7-23-19-25(9-8-22(23)18-21)32-24-10-12-27(3,4)13-11-24/h6-9,18-20,24H,5,10-17H2,1-4H3,(H,30,31). The van der Waals surface area contributed by atoms with Crippen molar-refractivity contribution in [3.05, 3.63) is 42.0 Å². The minimum absolute atomic E-state index is 0.282. The molecule has 1 heterocycles. The number of nitrogens with zero attached hydrogens (tertiary/aromatic N) is 1. The molecule has 0 amide bonds. The van der Waals surface area contributed by atoms with Crippen molar-refractivity contribution in [2.45, 2.75) is 84.8 Å². The zero-order valence-corrected chi connectivity index (χ0v) is 20.2. The van der Waals surface area contributed by atoms with Crippen LogP contribution < -0.4 is 4.74 Å². The van der Waals surface area contributed by atoms with Crippen molar-refractivity contribution >= 4 is 16.7 Å². The molecule has 1 aliphatic heterocycles. The fraction of sp³-hybridized carbons (Fsp3) is 0.607. The summed E-state index contributed by atoms with van der Waals surface area (Å²) in [6.07, 6.45) is 7.25. The summed E-state index contributed by atoms with van der Waals surface area (Å²) in [4.78, 5) is 14.2. The van der Waals surface area contributed by atoms with E-state index in [0.717, 1.165) is 44.5 Å². The second kappa shape index (κ2) is 9.05. The third-order valence-corrected chi connectivity index (χ3v) is 8.34. The van der Waals surface area contributed by atoms with E-state index in [9.17, 15) is 9.90 Å². The van der Waals surface area contributed by atoms with E-state index >= 15 is 0 Å². The van der Waals surface area contributed by atoms with E-state index in [2.05, 4.69) is 62.1 Å². The Morgan fingerprint density at radius 2 is 1.69 bits per heavy atom. The van der Waals surface area contributed by atoms with Crippen molar-refractivity contribution in [2.24, 2.45) is 10.8 Å². The number of rotatable bonds is 6. The first-order valence-electron chi connectivity index (χ1n) is 12.4. The van der Waals surface area contributed by atoms with Gasteiger partial charge in [0.15, 0.2) is 0 Å². The maximum atomic E-state index is 11.8. The molecule has 0 radical (unpaired) electrons. The Bertz CT molecular complexity index is 948. The molecule has 0 spiro atoms. The molecule has 2 aliphatic rings. The average molecular weight is 438 g/mol. The summed E-state index contributed by atoms with van der Waals surface area (Å²) in [5.74, 6) is 0.344. The average Bonchev–Trinajstić information content (AvgIpc) is 2.79. The molecule has 4 heteroatoms. The molecule has 0 aromatic heterocycles. The van der Waals surface area contributed by atoms with Gasteiger partial charge < -0.3 is 9.84 Å². The van der Waals surface area contributed by atoms with Crippen LogP contribution in [0.4, 0.5) is 0 Å². The summed E-state index contributed by atoms with van der Waals surface area (Å²) in [5, 5.41) is 12.1. The summed E-state index contributed by atoms with van der Waals surface area (Å²) in [6.45, 7) is 10.6. The van der Waals surface area contributed by atoms with Crippen LogP contribution in [-0.2, 0) is 4.79 Å². The van der Waals surface area contributed by atoms with Crippen LogP contribution in [0.1, 0.15) is 84.2 Å². The van der Waals surface area contributed by atoms with Gasteiger partial charge in [-0.2, -0.15) is 0 Å². The predicted molar refractivity (Wildman–Crippen MR) is 130 cm³/mol. The Morgan fingerprint density at radius 3 is 2.31 bits per heavy atom. The normalized spacial score (nSPS) is 22.5. The SMILES string of the molecule is CCC1(C(=O)O)CCN(C(C)c2ccc3cc(OC4CCC(C)(C)CC4)ccc3c2)CC1. The first kappa shape index (κ1) is 23.1. The van der Waals surface area contributed by atoms with Gasteiger partial charge in [-0.15, -0.1) is 0 Å². The summed E-state index contributed by atoms with van der Waals surface area (Å²) in [5.41, 5.74) is 1.21. The number of hydrogen-bond acceptors (Lipinski definition) is 3. The molecule has 1 atom stereocenters. The van der Waals surface area contributed by atoms with Gasteiger partial charge >= 0.3 is 5.97 Å². The van der Waals surface area contributed by atoms with Crippen LogP contribution in [0.5, 0.6) is 5.75 Å². The number of piperidine rings is 1. The van der Waals surface area contributed by atoms with Gasteiger partial charge in [0.2, 0.25) is 0 Å². The monoisotopic (exact) mass is 437 g/mol. The second-order valence-corrected chi connectivity index (χ2v) is 10.9. The Morgan fingerprint density at radius 1 is 1.06 bits per heavy atom. The fourth-order valence-electron chi connectivity index (χ4n) is 5.53. The molecule has 4 nitrogen and oxygen atoms in total. The molecule has 1 saturated heterocycles. The van der Waals surface area contributed by atoms with Crippen LogP contribution in [0.15, 0.2) is 36.4 Å². The maximum Gasteiger partial charge on any atom is 0.309 e.